The fourth-order valence-corrected chi connectivity index (χ4v) is 2.06. The second kappa shape index (κ2) is 8.05. The highest BCUT2D eigenvalue weighted by atomic mass is 19.1. The number of carbonyl (C=O) groups excluding carboxylic acids is 1. The highest BCUT2D eigenvalue weighted by molar-refractivity contribution is 5.75. The molecule has 0 aliphatic carbocycles. The third-order valence-corrected chi connectivity index (χ3v) is 3.08. The first kappa shape index (κ1) is 17.5. The zero-order valence-corrected chi connectivity index (χ0v) is 12.4. The summed E-state index contributed by atoms with van der Waals surface area (Å²) in [5.41, 5.74) is -0.404. The van der Waals surface area contributed by atoms with E-state index >= 15 is 0 Å². The summed E-state index contributed by atoms with van der Waals surface area (Å²) in [6, 6.07) is 2.75. The highest BCUT2D eigenvalue weighted by Gasteiger charge is 2.23. The molecule has 0 aliphatic rings. The van der Waals surface area contributed by atoms with Gasteiger partial charge in [-0.25, -0.2) is 8.78 Å². The summed E-state index contributed by atoms with van der Waals surface area (Å²) in [6.45, 7) is 3.72. The number of benzene rings is 1. The van der Waals surface area contributed by atoms with Crippen LogP contribution in [0.1, 0.15) is 31.9 Å². The quantitative estimate of drug-likeness (QED) is 0.758. The first-order valence-electron chi connectivity index (χ1n) is 6.80. The summed E-state index contributed by atoms with van der Waals surface area (Å²) < 4.78 is 31.7. The summed E-state index contributed by atoms with van der Waals surface area (Å²) in [5.74, 6) is -1.88. The number of aliphatic hydroxyl groups is 1. The van der Waals surface area contributed by atoms with E-state index in [0.717, 1.165) is 12.1 Å². The van der Waals surface area contributed by atoms with Gasteiger partial charge < -0.3 is 15.2 Å². The van der Waals surface area contributed by atoms with Crippen LogP contribution in [0, 0.1) is 17.6 Å². The first-order valence-corrected chi connectivity index (χ1v) is 6.80. The van der Waals surface area contributed by atoms with E-state index in [4.69, 9.17) is 0 Å². The molecule has 0 aromatic heterocycles. The third kappa shape index (κ3) is 5.06. The predicted molar refractivity (Wildman–Crippen MR) is 74.6 cm³/mol. The standard InChI is InChI=1S/C15H21F2NO3/c1-9(2)7-12(15(20)21-3)18-8-13(19)14-10(16)5-4-6-11(14)17/h4-6,9,12-13,18-19H,7-8H2,1-3H3. The summed E-state index contributed by atoms with van der Waals surface area (Å²) in [4.78, 5) is 11.6. The molecule has 1 rings (SSSR count). The molecule has 2 unspecified atom stereocenters. The number of nitrogens with one attached hydrogen (secondary N) is 1. The van der Waals surface area contributed by atoms with Crippen molar-refractivity contribution in [3.8, 4) is 0 Å². The number of hydrogen-bond donors (Lipinski definition) is 2. The molecule has 0 saturated heterocycles. The van der Waals surface area contributed by atoms with Crippen molar-refractivity contribution < 1.29 is 23.4 Å². The Morgan fingerprint density at radius 3 is 2.38 bits per heavy atom. The van der Waals surface area contributed by atoms with Crippen molar-refractivity contribution in [2.24, 2.45) is 5.92 Å². The van der Waals surface area contributed by atoms with Gasteiger partial charge in [-0.2, -0.15) is 0 Å². The summed E-state index contributed by atoms with van der Waals surface area (Å²) >= 11 is 0. The number of esters is 1. The van der Waals surface area contributed by atoms with E-state index in [9.17, 15) is 18.7 Å². The second-order valence-corrected chi connectivity index (χ2v) is 5.26. The first-order chi connectivity index (χ1) is 9.86. The van der Waals surface area contributed by atoms with E-state index in [-0.39, 0.29) is 12.5 Å². The largest absolute Gasteiger partial charge is 0.468 e. The molecule has 1 aromatic carbocycles. The highest BCUT2D eigenvalue weighted by Crippen LogP contribution is 2.20. The van der Waals surface area contributed by atoms with E-state index in [1.54, 1.807) is 0 Å². The van der Waals surface area contributed by atoms with Crippen molar-refractivity contribution in [1.29, 1.82) is 0 Å². The molecule has 0 amide bonds. The molecule has 1 aromatic rings. The minimum absolute atomic E-state index is 0.148. The molecule has 0 fully saturated rings. The van der Waals surface area contributed by atoms with E-state index < -0.39 is 35.3 Å². The topological polar surface area (TPSA) is 58.6 Å². The fourth-order valence-electron chi connectivity index (χ4n) is 2.06. The maximum atomic E-state index is 13.5. The molecular formula is C15H21F2NO3. The number of carbonyl (C=O) groups is 1. The molecule has 6 heteroatoms. The molecule has 118 valence electrons. The molecule has 0 saturated carbocycles. The Morgan fingerprint density at radius 1 is 1.33 bits per heavy atom. The molecule has 2 N–H and O–H groups in total. The molecule has 0 heterocycles. The molecule has 0 aliphatic heterocycles. The lowest BCUT2D eigenvalue weighted by Crippen LogP contribution is -2.41. The Kier molecular flexibility index (Phi) is 6.71. The van der Waals surface area contributed by atoms with Gasteiger partial charge >= 0.3 is 5.97 Å². The van der Waals surface area contributed by atoms with Gasteiger partial charge in [-0.1, -0.05) is 19.9 Å². The van der Waals surface area contributed by atoms with Gasteiger partial charge in [0.15, 0.2) is 0 Å². The van der Waals surface area contributed by atoms with Crippen LogP contribution in [0.2, 0.25) is 0 Å². The smallest absolute Gasteiger partial charge is 0.322 e. The lowest BCUT2D eigenvalue weighted by molar-refractivity contribution is -0.143. The van der Waals surface area contributed by atoms with Gasteiger partial charge in [-0.15, -0.1) is 0 Å². The molecule has 0 bridgehead atoms. The number of hydrogen-bond acceptors (Lipinski definition) is 4. The van der Waals surface area contributed by atoms with Crippen LogP contribution in [0.4, 0.5) is 8.78 Å². The van der Waals surface area contributed by atoms with Crippen LogP contribution >= 0.6 is 0 Å². The maximum absolute atomic E-state index is 13.5. The number of ether oxygens (including phenoxy) is 1. The fraction of sp³-hybridized carbons (Fsp3) is 0.533. The predicted octanol–water partition coefficient (Wildman–Crippen LogP) is 2.18. The number of methoxy groups -OCH3 is 1. The number of aliphatic hydroxyl groups excluding tert-OH is 1. The van der Waals surface area contributed by atoms with Gasteiger partial charge in [-0.3, -0.25) is 4.79 Å². The maximum Gasteiger partial charge on any atom is 0.322 e. The van der Waals surface area contributed by atoms with Crippen molar-refractivity contribution >= 4 is 5.97 Å². The van der Waals surface area contributed by atoms with Crippen LogP contribution in [-0.4, -0.2) is 30.8 Å². The zero-order valence-electron chi connectivity index (χ0n) is 12.4. The van der Waals surface area contributed by atoms with Crippen LogP contribution in [0.25, 0.3) is 0 Å². The van der Waals surface area contributed by atoms with Gasteiger partial charge in [-0.05, 0) is 24.5 Å². The van der Waals surface area contributed by atoms with Crippen molar-refractivity contribution in [2.45, 2.75) is 32.4 Å². The van der Waals surface area contributed by atoms with Crippen molar-refractivity contribution in [3.05, 3.63) is 35.4 Å². The monoisotopic (exact) mass is 301 g/mol. The average molecular weight is 301 g/mol. The molecule has 0 spiro atoms. The molecule has 4 nitrogen and oxygen atoms in total. The van der Waals surface area contributed by atoms with Crippen LogP contribution < -0.4 is 5.32 Å². The SMILES string of the molecule is COC(=O)C(CC(C)C)NCC(O)c1c(F)cccc1F. The van der Waals surface area contributed by atoms with Gasteiger partial charge in [0.1, 0.15) is 17.7 Å². The Labute approximate surface area is 123 Å². The van der Waals surface area contributed by atoms with Gasteiger partial charge in [0.2, 0.25) is 0 Å². The molecule has 2 atom stereocenters. The Hall–Kier alpha value is -1.53. The van der Waals surface area contributed by atoms with E-state index in [1.807, 2.05) is 13.8 Å². The minimum atomic E-state index is -1.38. The van der Waals surface area contributed by atoms with E-state index in [0.29, 0.717) is 6.42 Å². The summed E-state index contributed by atoms with van der Waals surface area (Å²) in [6.07, 6.45) is -0.885. The minimum Gasteiger partial charge on any atom is -0.468 e. The Morgan fingerprint density at radius 2 is 1.90 bits per heavy atom. The van der Waals surface area contributed by atoms with Crippen LogP contribution in [0.3, 0.4) is 0 Å². The summed E-state index contributed by atoms with van der Waals surface area (Å²) in [7, 11) is 1.27. The Bertz CT molecular complexity index is 460. The van der Waals surface area contributed by atoms with Gasteiger partial charge in [0, 0.05) is 6.54 Å². The number of halogens is 2. The van der Waals surface area contributed by atoms with Gasteiger partial charge in [0.05, 0.1) is 18.8 Å². The van der Waals surface area contributed by atoms with E-state index in [2.05, 4.69) is 10.1 Å². The third-order valence-electron chi connectivity index (χ3n) is 3.08. The van der Waals surface area contributed by atoms with Crippen LogP contribution in [0.15, 0.2) is 18.2 Å². The van der Waals surface area contributed by atoms with Gasteiger partial charge in [0.25, 0.3) is 0 Å². The normalized spacial score (nSPS) is 14.0. The number of rotatable bonds is 7. The van der Waals surface area contributed by atoms with Crippen molar-refractivity contribution in [1.82, 2.24) is 5.32 Å². The lowest BCUT2D eigenvalue weighted by atomic mass is 10.0. The Balaban J connectivity index is 2.73. The molecule has 21 heavy (non-hydrogen) atoms. The summed E-state index contributed by atoms with van der Waals surface area (Å²) in [5, 5.41) is 12.7. The van der Waals surface area contributed by atoms with Crippen LogP contribution in [0.5, 0.6) is 0 Å². The average Bonchev–Trinajstić information content (AvgIpc) is 2.42. The van der Waals surface area contributed by atoms with Crippen molar-refractivity contribution in [2.75, 3.05) is 13.7 Å². The molecular weight excluding hydrogens is 280 g/mol. The van der Waals surface area contributed by atoms with Crippen LogP contribution in [-0.2, 0) is 9.53 Å². The lowest BCUT2D eigenvalue weighted by Gasteiger charge is -2.21. The van der Waals surface area contributed by atoms with Crippen molar-refractivity contribution in [3.63, 3.8) is 0 Å². The second-order valence-electron chi connectivity index (χ2n) is 5.26. The zero-order chi connectivity index (χ0) is 16.0. The molecule has 0 radical (unpaired) electrons. The van der Waals surface area contributed by atoms with E-state index in [1.165, 1.54) is 13.2 Å².